The number of nitrogens with zero attached hydrogens (tertiary/aromatic N) is 5. The molecule has 0 unspecified atom stereocenters. The standard InChI is InChI=1S/C17H19N5O3/c1-11-12(10-18-14-3-5-19-22(11)14)16(24)20-7-4-17-13(20)9-15(23)21(17)6-2-8-25-17/h3,5,10,13H,2,4,6-9H2,1H3/t13-,17+/m1/s1. The fraction of sp³-hybridized carbons (Fsp3) is 0.529. The molecule has 0 bridgehead atoms. The van der Waals surface area contributed by atoms with Crippen LogP contribution >= 0.6 is 0 Å². The summed E-state index contributed by atoms with van der Waals surface area (Å²) in [5, 5.41) is 4.23. The Morgan fingerprint density at radius 2 is 2.28 bits per heavy atom. The zero-order chi connectivity index (χ0) is 17.2. The third-order valence-corrected chi connectivity index (χ3v) is 5.76. The summed E-state index contributed by atoms with van der Waals surface area (Å²) in [6.45, 7) is 3.81. The summed E-state index contributed by atoms with van der Waals surface area (Å²) in [5.41, 5.74) is 1.37. The Balaban J connectivity index is 1.52. The van der Waals surface area contributed by atoms with Crippen LogP contribution in [-0.2, 0) is 9.53 Å². The Kier molecular flexibility index (Phi) is 2.97. The number of amides is 2. The molecular formula is C17H19N5O3. The van der Waals surface area contributed by atoms with Gasteiger partial charge in [0.15, 0.2) is 11.4 Å². The van der Waals surface area contributed by atoms with Crippen LogP contribution in [0.25, 0.3) is 5.65 Å². The summed E-state index contributed by atoms with van der Waals surface area (Å²) in [7, 11) is 0. The Labute approximate surface area is 144 Å². The van der Waals surface area contributed by atoms with Gasteiger partial charge in [-0.2, -0.15) is 5.10 Å². The van der Waals surface area contributed by atoms with E-state index in [1.54, 1.807) is 27.9 Å². The smallest absolute Gasteiger partial charge is 0.257 e. The predicted molar refractivity (Wildman–Crippen MR) is 86.8 cm³/mol. The fourth-order valence-electron chi connectivity index (χ4n) is 4.55. The van der Waals surface area contributed by atoms with Crippen LogP contribution < -0.4 is 0 Å². The van der Waals surface area contributed by atoms with E-state index >= 15 is 0 Å². The second-order valence-electron chi connectivity index (χ2n) is 6.92. The molecule has 0 aliphatic carbocycles. The van der Waals surface area contributed by atoms with Crippen molar-refractivity contribution in [2.75, 3.05) is 19.7 Å². The Morgan fingerprint density at radius 3 is 3.16 bits per heavy atom. The molecule has 8 nitrogen and oxygen atoms in total. The number of hydrogen-bond acceptors (Lipinski definition) is 5. The molecular weight excluding hydrogens is 322 g/mol. The second kappa shape index (κ2) is 5.01. The summed E-state index contributed by atoms with van der Waals surface area (Å²) >= 11 is 0. The highest BCUT2D eigenvalue weighted by Gasteiger charge is 2.61. The van der Waals surface area contributed by atoms with E-state index in [4.69, 9.17) is 4.74 Å². The van der Waals surface area contributed by atoms with Crippen molar-refractivity contribution in [2.45, 2.75) is 38.0 Å². The number of likely N-dealkylation sites (tertiary alicyclic amines) is 1. The lowest BCUT2D eigenvalue weighted by Gasteiger charge is -2.42. The molecule has 2 amide bonds. The highest BCUT2D eigenvalue weighted by atomic mass is 16.5. The fourth-order valence-corrected chi connectivity index (χ4v) is 4.55. The molecule has 0 radical (unpaired) electrons. The summed E-state index contributed by atoms with van der Waals surface area (Å²) in [4.78, 5) is 33.6. The molecule has 130 valence electrons. The molecule has 3 aliphatic rings. The van der Waals surface area contributed by atoms with E-state index < -0.39 is 5.72 Å². The van der Waals surface area contributed by atoms with Crippen molar-refractivity contribution in [3.05, 3.63) is 29.7 Å². The largest absolute Gasteiger partial charge is 0.353 e. The Morgan fingerprint density at radius 1 is 1.40 bits per heavy atom. The van der Waals surface area contributed by atoms with Crippen LogP contribution in [0, 0.1) is 6.92 Å². The molecule has 2 aromatic heterocycles. The Hall–Kier alpha value is -2.48. The van der Waals surface area contributed by atoms with E-state index in [0.717, 1.165) is 18.7 Å². The first-order valence-corrected chi connectivity index (χ1v) is 8.66. The lowest BCUT2D eigenvalue weighted by Crippen LogP contribution is -2.56. The molecule has 3 fully saturated rings. The zero-order valence-corrected chi connectivity index (χ0v) is 14.0. The van der Waals surface area contributed by atoms with Gasteiger partial charge >= 0.3 is 0 Å². The van der Waals surface area contributed by atoms with Crippen LogP contribution in [0.3, 0.4) is 0 Å². The third-order valence-electron chi connectivity index (χ3n) is 5.76. The van der Waals surface area contributed by atoms with Gasteiger partial charge < -0.3 is 14.5 Å². The van der Waals surface area contributed by atoms with Gasteiger partial charge in [0.1, 0.15) is 0 Å². The maximum absolute atomic E-state index is 13.2. The van der Waals surface area contributed by atoms with Crippen molar-refractivity contribution >= 4 is 17.5 Å². The number of ether oxygens (including phenoxy) is 1. The van der Waals surface area contributed by atoms with E-state index in [2.05, 4.69) is 10.1 Å². The molecule has 5 rings (SSSR count). The van der Waals surface area contributed by atoms with Crippen LogP contribution in [0.15, 0.2) is 18.5 Å². The van der Waals surface area contributed by atoms with Crippen molar-refractivity contribution < 1.29 is 14.3 Å². The van der Waals surface area contributed by atoms with E-state index in [0.29, 0.717) is 37.2 Å². The van der Waals surface area contributed by atoms with Crippen molar-refractivity contribution in [3.63, 3.8) is 0 Å². The minimum absolute atomic E-state index is 0.0829. The SMILES string of the molecule is Cc1c(C(=O)N2CC[C@@]34OCCCN3C(=O)C[C@@H]24)cnc2ccnn12. The van der Waals surface area contributed by atoms with E-state index in [1.807, 2.05) is 11.8 Å². The molecule has 8 heteroatoms. The van der Waals surface area contributed by atoms with Crippen molar-refractivity contribution in [3.8, 4) is 0 Å². The average Bonchev–Trinajstić information content (AvgIpc) is 3.28. The predicted octanol–water partition coefficient (Wildman–Crippen LogP) is 0.601. The molecule has 25 heavy (non-hydrogen) atoms. The molecule has 1 spiro atoms. The van der Waals surface area contributed by atoms with Gasteiger partial charge in [0.2, 0.25) is 5.91 Å². The van der Waals surface area contributed by atoms with Gasteiger partial charge in [-0.05, 0) is 13.3 Å². The molecule has 2 atom stereocenters. The number of hydrogen-bond donors (Lipinski definition) is 0. The lowest BCUT2D eigenvalue weighted by molar-refractivity contribution is -0.179. The maximum Gasteiger partial charge on any atom is 0.257 e. The minimum atomic E-state index is -0.623. The van der Waals surface area contributed by atoms with Gasteiger partial charge in [0.05, 0.1) is 36.5 Å². The first-order valence-electron chi connectivity index (χ1n) is 8.66. The highest BCUT2D eigenvalue weighted by Crippen LogP contribution is 2.45. The number of rotatable bonds is 1. The summed E-state index contributed by atoms with van der Waals surface area (Å²) < 4.78 is 7.74. The van der Waals surface area contributed by atoms with Crippen molar-refractivity contribution in [1.82, 2.24) is 24.4 Å². The van der Waals surface area contributed by atoms with Crippen LogP contribution in [0.1, 0.15) is 35.3 Å². The van der Waals surface area contributed by atoms with E-state index in [-0.39, 0.29) is 17.9 Å². The highest BCUT2D eigenvalue weighted by molar-refractivity contribution is 5.96. The van der Waals surface area contributed by atoms with Crippen molar-refractivity contribution in [2.24, 2.45) is 0 Å². The monoisotopic (exact) mass is 341 g/mol. The number of aromatic nitrogens is 3. The van der Waals surface area contributed by atoms with Crippen LogP contribution in [0.5, 0.6) is 0 Å². The first-order chi connectivity index (χ1) is 12.1. The van der Waals surface area contributed by atoms with Crippen LogP contribution in [0.4, 0.5) is 0 Å². The zero-order valence-electron chi connectivity index (χ0n) is 14.0. The average molecular weight is 341 g/mol. The van der Waals surface area contributed by atoms with E-state index in [9.17, 15) is 9.59 Å². The molecule has 5 heterocycles. The van der Waals surface area contributed by atoms with Gasteiger partial charge in [-0.1, -0.05) is 0 Å². The normalized spacial score (nSPS) is 28.5. The number of carbonyl (C=O) groups is 2. The molecule has 3 saturated heterocycles. The van der Waals surface area contributed by atoms with Gasteiger partial charge in [-0.3, -0.25) is 9.59 Å². The van der Waals surface area contributed by atoms with Gasteiger partial charge in [0, 0.05) is 31.8 Å². The van der Waals surface area contributed by atoms with Crippen LogP contribution in [0.2, 0.25) is 0 Å². The quantitative estimate of drug-likeness (QED) is 0.759. The van der Waals surface area contributed by atoms with Gasteiger partial charge in [-0.25, -0.2) is 9.50 Å². The van der Waals surface area contributed by atoms with E-state index in [1.165, 1.54) is 0 Å². The minimum Gasteiger partial charge on any atom is -0.353 e. The summed E-state index contributed by atoms with van der Waals surface area (Å²) in [6, 6.07) is 1.58. The number of aryl methyl sites for hydroxylation is 1. The third kappa shape index (κ3) is 1.85. The molecule has 2 aromatic rings. The topological polar surface area (TPSA) is 80.0 Å². The molecule has 0 saturated carbocycles. The maximum atomic E-state index is 13.2. The summed E-state index contributed by atoms with van der Waals surface area (Å²) in [5.74, 6) is -0.0207. The first kappa shape index (κ1) is 14.8. The molecule has 0 N–H and O–H groups in total. The van der Waals surface area contributed by atoms with Crippen molar-refractivity contribution in [1.29, 1.82) is 0 Å². The second-order valence-corrected chi connectivity index (χ2v) is 6.92. The number of fused-ring (bicyclic) bond motifs is 1. The summed E-state index contributed by atoms with van der Waals surface area (Å²) in [6.07, 6.45) is 5.13. The Bertz CT molecular complexity index is 894. The van der Waals surface area contributed by atoms with Gasteiger partial charge in [0.25, 0.3) is 5.91 Å². The lowest BCUT2D eigenvalue weighted by atomic mass is 10.0. The van der Waals surface area contributed by atoms with Crippen LogP contribution in [-0.4, -0.2) is 67.7 Å². The molecule has 3 aliphatic heterocycles. The molecule has 0 aromatic carbocycles. The van der Waals surface area contributed by atoms with Gasteiger partial charge in [-0.15, -0.1) is 0 Å². The number of carbonyl (C=O) groups excluding carboxylic acids is 2.